The van der Waals surface area contributed by atoms with Crippen molar-refractivity contribution in [3.05, 3.63) is 146 Å². The molecule has 3 heterocycles. The van der Waals surface area contributed by atoms with Crippen LogP contribution < -0.4 is 0 Å². The molecule has 0 amide bonds. The number of hydrogen-bond acceptors (Lipinski definition) is 4. The van der Waals surface area contributed by atoms with E-state index >= 15 is 0 Å². The smallest absolute Gasteiger partial charge is 0.160 e. The highest BCUT2D eigenvalue weighted by molar-refractivity contribution is 6.11. The van der Waals surface area contributed by atoms with Crippen molar-refractivity contribution in [3.8, 4) is 45.0 Å². The zero-order chi connectivity index (χ0) is 29.0. The Kier molecular flexibility index (Phi) is 5.47. The van der Waals surface area contributed by atoms with Gasteiger partial charge in [-0.1, -0.05) is 109 Å². The quantitative estimate of drug-likeness (QED) is 0.213. The van der Waals surface area contributed by atoms with Crippen LogP contribution in [0.2, 0.25) is 0 Å². The summed E-state index contributed by atoms with van der Waals surface area (Å²) < 4.78 is 12.7. The number of aromatic nitrogens is 2. The van der Waals surface area contributed by atoms with E-state index in [4.69, 9.17) is 18.8 Å². The van der Waals surface area contributed by atoms with Crippen LogP contribution in [0.25, 0.3) is 88.9 Å². The van der Waals surface area contributed by atoms with Gasteiger partial charge in [0.2, 0.25) is 0 Å². The first-order valence-corrected chi connectivity index (χ1v) is 14.7. The molecule has 0 fully saturated rings. The van der Waals surface area contributed by atoms with E-state index in [1.54, 1.807) is 0 Å². The predicted molar refractivity (Wildman–Crippen MR) is 178 cm³/mol. The third-order valence-corrected chi connectivity index (χ3v) is 8.31. The highest BCUT2D eigenvalue weighted by Gasteiger charge is 2.16. The molecule has 206 valence electrons. The number of nitrogens with zero attached hydrogens (tertiary/aromatic N) is 2. The molecule has 4 heteroatoms. The second-order valence-corrected chi connectivity index (χ2v) is 11.0. The van der Waals surface area contributed by atoms with E-state index in [9.17, 15) is 0 Å². The summed E-state index contributed by atoms with van der Waals surface area (Å²) in [6, 6.07) is 49.6. The number of furan rings is 2. The van der Waals surface area contributed by atoms with Gasteiger partial charge in [-0.2, -0.15) is 0 Å². The average Bonchev–Trinajstić information content (AvgIpc) is 3.66. The molecule has 0 atom stereocenters. The molecule has 0 saturated carbocycles. The lowest BCUT2D eigenvalue weighted by molar-refractivity contribution is 0.668. The molecule has 0 spiro atoms. The van der Waals surface area contributed by atoms with Gasteiger partial charge in [0.25, 0.3) is 0 Å². The van der Waals surface area contributed by atoms with Crippen LogP contribution in [-0.2, 0) is 0 Å². The fraction of sp³-hybridized carbons (Fsp3) is 0. The first-order chi connectivity index (χ1) is 21.8. The number of para-hydroxylation sites is 2. The van der Waals surface area contributed by atoms with Crippen molar-refractivity contribution < 1.29 is 8.83 Å². The Hall–Kier alpha value is -6.00. The van der Waals surface area contributed by atoms with E-state index in [0.29, 0.717) is 5.82 Å². The van der Waals surface area contributed by atoms with Gasteiger partial charge < -0.3 is 8.83 Å². The largest absolute Gasteiger partial charge is 0.456 e. The van der Waals surface area contributed by atoms with Crippen LogP contribution in [0.3, 0.4) is 0 Å². The van der Waals surface area contributed by atoms with Crippen LogP contribution in [0.4, 0.5) is 0 Å². The normalized spacial score (nSPS) is 11.6. The first-order valence-electron chi connectivity index (χ1n) is 14.7. The zero-order valence-electron chi connectivity index (χ0n) is 23.6. The Morgan fingerprint density at radius 1 is 0.364 bits per heavy atom. The fourth-order valence-electron chi connectivity index (χ4n) is 6.15. The molecule has 9 rings (SSSR count). The SMILES string of the molecule is c1ccc(-c2cc(-c3ccc4c(c3)oc3ccc(-c5cccc6c5oc5ccccc56)cc34)nc(-c3ccccc3)n2)cc1. The summed E-state index contributed by atoms with van der Waals surface area (Å²) in [4.78, 5) is 9.93. The van der Waals surface area contributed by atoms with Gasteiger partial charge >= 0.3 is 0 Å². The summed E-state index contributed by atoms with van der Waals surface area (Å²) in [6.45, 7) is 0. The summed E-state index contributed by atoms with van der Waals surface area (Å²) in [5.74, 6) is 0.691. The van der Waals surface area contributed by atoms with Crippen molar-refractivity contribution in [2.24, 2.45) is 0 Å². The van der Waals surface area contributed by atoms with Crippen molar-refractivity contribution in [1.82, 2.24) is 9.97 Å². The third-order valence-electron chi connectivity index (χ3n) is 8.31. The van der Waals surface area contributed by atoms with Crippen molar-refractivity contribution in [2.45, 2.75) is 0 Å². The minimum absolute atomic E-state index is 0.691. The number of rotatable bonds is 4. The van der Waals surface area contributed by atoms with E-state index in [1.165, 1.54) is 0 Å². The second kappa shape index (κ2) is 9.79. The highest BCUT2D eigenvalue weighted by atomic mass is 16.3. The second-order valence-electron chi connectivity index (χ2n) is 11.0. The summed E-state index contributed by atoms with van der Waals surface area (Å²) >= 11 is 0. The van der Waals surface area contributed by atoms with Crippen LogP contribution in [0.15, 0.2) is 154 Å². The minimum Gasteiger partial charge on any atom is -0.456 e. The summed E-state index contributed by atoms with van der Waals surface area (Å²) in [7, 11) is 0. The van der Waals surface area contributed by atoms with Gasteiger partial charge in [0.05, 0.1) is 11.4 Å². The molecule has 6 aromatic carbocycles. The van der Waals surface area contributed by atoms with E-state index < -0.39 is 0 Å². The van der Waals surface area contributed by atoms with Crippen molar-refractivity contribution in [2.75, 3.05) is 0 Å². The molecule has 0 aliphatic rings. The van der Waals surface area contributed by atoms with Gasteiger partial charge in [0.15, 0.2) is 5.82 Å². The van der Waals surface area contributed by atoms with Gasteiger partial charge in [0, 0.05) is 43.8 Å². The molecule has 0 saturated heterocycles. The monoisotopic (exact) mass is 564 g/mol. The predicted octanol–water partition coefficient (Wildman–Crippen LogP) is 10.9. The van der Waals surface area contributed by atoms with Gasteiger partial charge in [-0.05, 0) is 42.0 Å². The summed E-state index contributed by atoms with van der Waals surface area (Å²) in [5.41, 5.74) is 10.3. The lowest BCUT2D eigenvalue weighted by atomic mass is 10.00. The standard InChI is InChI=1S/C40H24N2O2/c1-3-10-25(11-4-1)34-24-35(42-40(41-34)26-12-5-2-6-13-26)28-18-20-31-33-22-27(19-21-37(33)43-38(31)23-28)29-15-9-16-32-30-14-7-8-17-36(30)44-39(29)32/h1-24H. The molecule has 4 nitrogen and oxygen atoms in total. The van der Waals surface area contributed by atoms with Gasteiger partial charge in [-0.3, -0.25) is 0 Å². The van der Waals surface area contributed by atoms with E-state index in [0.717, 1.165) is 83.1 Å². The molecular weight excluding hydrogens is 540 g/mol. The van der Waals surface area contributed by atoms with E-state index in [-0.39, 0.29) is 0 Å². The Balaban J connectivity index is 1.18. The maximum absolute atomic E-state index is 6.40. The Labute approximate surface area is 252 Å². The van der Waals surface area contributed by atoms with Crippen molar-refractivity contribution in [3.63, 3.8) is 0 Å². The van der Waals surface area contributed by atoms with Crippen LogP contribution in [0.1, 0.15) is 0 Å². The van der Waals surface area contributed by atoms with Gasteiger partial charge in [0.1, 0.15) is 22.3 Å². The van der Waals surface area contributed by atoms with Crippen molar-refractivity contribution >= 4 is 43.9 Å². The molecular formula is C40H24N2O2. The first kappa shape index (κ1) is 24.6. The van der Waals surface area contributed by atoms with Crippen LogP contribution in [-0.4, -0.2) is 9.97 Å². The van der Waals surface area contributed by atoms with Gasteiger partial charge in [-0.15, -0.1) is 0 Å². The summed E-state index contributed by atoms with van der Waals surface area (Å²) in [6.07, 6.45) is 0. The van der Waals surface area contributed by atoms with Gasteiger partial charge in [-0.25, -0.2) is 9.97 Å². The van der Waals surface area contributed by atoms with Crippen LogP contribution >= 0.6 is 0 Å². The zero-order valence-corrected chi connectivity index (χ0v) is 23.6. The maximum atomic E-state index is 6.40. The Morgan fingerprint density at radius 3 is 1.86 bits per heavy atom. The number of hydrogen-bond donors (Lipinski definition) is 0. The fourth-order valence-corrected chi connectivity index (χ4v) is 6.15. The lowest BCUT2D eigenvalue weighted by Gasteiger charge is -2.09. The molecule has 0 unspecified atom stereocenters. The minimum atomic E-state index is 0.691. The van der Waals surface area contributed by atoms with E-state index in [2.05, 4.69) is 78.9 Å². The molecule has 44 heavy (non-hydrogen) atoms. The Bertz CT molecular complexity index is 2430. The number of benzene rings is 6. The lowest BCUT2D eigenvalue weighted by Crippen LogP contribution is -1.95. The number of fused-ring (bicyclic) bond motifs is 6. The molecule has 0 radical (unpaired) electrons. The van der Waals surface area contributed by atoms with Crippen LogP contribution in [0.5, 0.6) is 0 Å². The maximum Gasteiger partial charge on any atom is 0.160 e. The molecule has 3 aromatic heterocycles. The molecule has 0 aliphatic carbocycles. The highest BCUT2D eigenvalue weighted by Crippen LogP contribution is 2.39. The molecule has 0 bridgehead atoms. The van der Waals surface area contributed by atoms with Crippen molar-refractivity contribution in [1.29, 1.82) is 0 Å². The molecule has 0 aliphatic heterocycles. The summed E-state index contributed by atoms with van der Waals surface area (Å²) in [5, 5.41) is 4.37. The third kappa shape index (κ3) is 4.00. The Morgan fingerprint density at radius 2 is 1.02 bits per heavy atom. The van der Waals surface area contributed by atoms with E-state index in [1.807, 2.05) is 66.7 Å². The average molecular weight is 565 g/mol. The topological polar surface area (TPSA) is 52.1 Å². The van der Waals surface area contributed by atoms with Crippen LogP contribution in [0, 0.1) is 0 Å². The molecule has 0 N–H and O–H groups in total. The molecule has 9 aromatic rings.